The van der Waals surface area contributed by atoms with Crippen LogP contribution in [0.2, 0.25) is 0 Å². The van der Waals surface area contributed by atoms with E-state index < -0.39 is 11.6 Å². The number of fused-ring (bicyclic) bond motifs is 1. The van der Waals surface area contributed by atoms with E-state index in [1.165, 1.54) is 24.3 Å². The third kappa shape index (κ3) is 4.92. The van der Waals surface area contributed by atoms with Crippen LogP contribution in [0.25, 0.3) is 21.9 Å². The Balaban J connectivity index is 1.55. The van der Waals surface area contributed by atoms with Crippen LogP contribution >= 0.6 is 0 Å². The third-order valence-electron chi connectivity index (χ3n) is 5.26. The van der Waals surface area contributed by atoms with E-state index >= 15 is 0 Å². The zero-order valence-corrected chi connectivity index (χ0v) is 17.6. The summed E-state index contributed by atoms with van der Waals surface area (Å²) in [7, 11) is 0. The van der Waals surface area contributed by atoms with Crippen LogP contribution in [-0.2, 0) is 6.42 Å². The lowest BCUT2D eigenvalue weighted by Crippen LogP contribution is -1.95. The highest BCUT2D eigenvalue weighted by Crippen LogP contribution is 2.28. The molecule has 4 aromatic carbocycles. The molecule has 0 radical (unpaired) electrons. The molecule has 0 atom stereocenters. The molecular formula is C29H21F3. The molecular weight excluding hydrogens is 405 g/mol. The lowest BCUT2D eigenvalue weighted by Gasteiger charge is -2.08. The average Bonchev–Trinajstić information content (AvgIpc) is 2.78. The number of hydrogen-bond donors (Lipinski definition) is 0. The van der Waals surface area contributed by atoms with Gasteiger partial charge in [-0.1, -0.05) is 48.3 Å². The number of allylic oxidation sites excluding steroid dienone is 2. The summed E-state index contributed by atoms with van der Waals surface area (Å²) < 4.78 is 42.6. The Bertz CT molecular complexity index is 1330. The van der Waals surface area contributed by atoms with Gasteiger partial charge in [0.2, 0.25) is 0 Å². The molecule has 0 saturated heterocycles. The van der Waals surface area contributed by atoms with E-state index in [1.54, 1.807) is 30.3 Å². The predicted molar refractivity (Wildman–Crippen MR) is 125 cm³/mol. The fourth-order valence-corrected chi connectivity index (χ4v) is 3.62. The van der Waals surface area contributed by atoms with E-state index in [-0.39, 0.29) is 11.4 Å². The standard InChI is InChI=1S/C29H21F3/c1-2-3-4-5-22-17-27(31)29(28(32)18-22)23-11-8-20(9-12-23)6-7-21-10-13-25-19-26(30)15-14-24(25)16-21/h2-3,8-19H,4-5H2,1H3/b3-2+. The second-order valence-corrected chi connectivity index (χ2v) is 7.58. The summed E-state index contributed by atoms with van der Waals surface area (Å²) >= 11 is 0. The minimum Gasteiger partial charge on any atom is -0.207 e. The molecule has 0 aliphatic carbocycles. The molecule has 0 saturated carbocycles. The predicted octanol–water partition coefficient (Wildman–Crippen LogP) is 7.83. The topological polar surface area (TPSA) is 0 Å². The summed E-state index contributed by atoms with van der Waals surface area (Å²) in [5.74, 6) is 4.75. The van der Waals surface area contributed by atoms with Crippen LogP contribution in [0.1, 0.15) is 30.0 Å². The van der Waals surface area contributed by atoms with Gasteiger partial charge in [-0.2, -0.15) is 0 Å². The highest BCUT2D eigenvalue weighted by atomic mass is 19.1. The minimum atomic E-state index is -0.563. The summed E-state index contributed by atoms with van der Waals surface area (Å²) in [6, 6.07) is 19.9. The first-order valence-corrected chi connectivity index (χ1v) is 10.4. The summed E-state index contributed by atoms with van der Waals surface area (Å²) in [4.78, 5) is 0. The quantitative estimate of drug-likeness (QED) is 0.230. The maximum Gasteiger partial charge on any atom is 0.134 e. The molecule has 0 unspecified atom stereocenters. The molecule has 0 nitrogen and oxygen atoms in total. The van der Waals surface area contributed by atoms with Crippen molar-refractivity contribution in [3.8, 4) is 23.0 Å². The van der Waals surface area contributed by atoms with E-state index in [2.05, 4.69) is 11.8 Å². The van der Waals surface area contributed by atoms with Gasteiger partial charge >= 0.3 is 0 Å². The van der Waals surface area contributed by atoms with Crippen LogP contribution in [0.15, 0.2) is 84.9 Å². The van der Waals surface area contributed by atoms with Gasteiger partial charge in [0.1, 0.15) is 17.5 Å². The molecule has 0 N–H and O–H groups in total. The van der Waals surface area contributed by atoms with Crippen molar-refractivity contribution in [3.05, 3.63) is 119 Å². The fraction of sp³-hybridized carbons (Fsp3) is 0.103. The number of hydrogen-bond acceptors (Lipinski definition) is 0. The van der Waals surface area contributed by atoms with E-state index in [1.807, 2.05) is 37.3 Å². The zero-order chi connectivity index (χ0) is 22.5. The maximum atomic E-state index is 14.6. The van der Waals surface area contributed by atoms with Crippen LogP contribution in [0.4, 0.5) is 13.2 Å². The van der Waals surface area contributed by atoms with Crippen molar-refractivity contribution in [2.24, 2.45) is 0 Å². The Morgan fingerprint density at radius 3 is 2.06 bits per heavy atom. The van der Waals surface area contributed by atoms with Crippen molar-refractivity contribution in [1.82, 2.24) is 0 Å². The highest BCUT2D eigenvalue weighted by Gasteiger charge is 2.13. The molecule has 0 amide bonds. The summed E-state index contributed by atoms with van der Waals surface area (Å²) in [5, 5.41) is 1.73. The molecule has 0 fully saturated rings. The number of benzene rings is 4. The van der Waals surface area contributed by atoms with Crippen molar-refractivity contribution < 1.29 is 13.2 Å². The SMILES string of the molecule is C/C=C/CCc1cc(F)c(-c2ccc(C#Cc3ccc4cc(F)ccc4c3)cc2)c(F)c1. The van der Waals surface area contributed by atoms with Gasteiger partial charge in [0.25, 0.3) is 0 Å². The van der Waals surface area contributed by atoms with Crippen molar-refractivity contribution in [3.63, 3.8) is 0 Å². The van der Waals surface area contributed by atoms with Gasteiger partial charge in [-0.25, -0.2) is 13.2 Å². The first kappa shape index (κ1) is 21.5. The Hall–Kier alpha value is -3.77. The molecule has 4 rings (SSSR count). The summed E-state index contributed by atoms with van der Waals surface area (Å²) in [6.07, 6.45) is 5.24. The molecule has 0 heterocycles. The van der Waals surface area contributed by atoms with E-state index in [0.29, 0.717) is 17.5 Å². The average molecular weight is 426 g/mol. The number of rotatable bonds is 4. The second-order valence-electron chi connectivity index (χ2n) is 7.58. The maximum absolute atomic E-state index is 14.6. The summed E-state index contributed by atoms with van der Waals surface area (Å²) in [6.45, 7) is 1.92. The monoisotopic (exact) mass is 426 g/mol. The smallest absolute Gasteiger partial charge is 0.134 e. The zero-order valence-electron chi connectivity index (χ0n) is 17.6. The fourth-order valence-electron chi connectivity index (χ4n) is 3.62. The molecule has 0 aliphatic rings. The molecule has 0 spiro atoms. The van der Waals surface area contributed by atoms with Gasteiger partial charge in [-0.15, -0.1) is 0 Å². The van der Waals surface area contributed by atoms with E-state index in [9.17, 15) is 13.2 Å². The third-order valence-corrected chi connectivity index (χ3v) is 5.26. The van der Waals surface area contributed by atoms with Crippen LogP contribution in [0, 0.1) is 29.3 Å². The van der Waals surface area contributed by atoms with Gasteiger partial charge in [0.05, 0.1) is 5.56 Å². The Kier molecular flexibility index (Phi) is 6.42. The summed E-state index contributed by atoms with van der Waals surface area (Å²) in [5.41, 5.74) is 2.62. The Labute approximate surface area is 186 Å². The first-order chi connectivity index (χ1) is 15.5. The van der Waals surface area contributed by atoms with Crippen LogP contribution in [0.3, 0.4) is 0 Å². The largest absolute Gasteiger partial charge is 0.207 e. The van der Waals surface area contributed by atoms with Gasteiger partial charge in [0, 0.05) is 11.1 Å². The minimum absolute atomic E-state index is 0.0268. The van der Waals surface area contributed by atoms with Crippen LogP contribution < -0.4 is 0 Å². The number of aryl methyl sites for hydroxylation is 1. The number of halogens is 3. The lowest BCUT2D eigenvalue weighted by atomic mass is 9.99. The highest BCUT2D eigenvalue weighted by molar-refractivity contribution is 5.84. The first-order valence-electron chi connectivity index (χ1n) is 10.4. The van der Waals surface area contributed by atoms with Crippen molar-refractivity contribution >= 4 is 10.8 Å². The van der Waals surface area contributed by atoms with Gasteiger partial charge in [-0.3, -0.25) is 0 Å². The van der Waals surface area contributed by atoms with Crippen molar-refractivity contribution in [2.75, 3.05) is 0 Å². The molecule has 158 valence electrons. The second kappa shape index (κ2) is 9.58. The molecule has 32 heavy (non-hydrogen) atoms. The van der Waals surface area contributed by atoms with E-state index in [4.69, 9.17) is 0 Å². The van der Waals surface area contributed by atoms with Crippen LogP contribution in [-0.4, -0.2) is 0 Å². The van der Waals surface area contributed by atoms with E-state index in [0.717, 1.165) is 28.3 Å². The van der Waals surface area contributed by atoms with Crippen molar-refractivity contribution in [2.45, 2.75) is 19.8 Å². The molecule has 0 bridgehead atoms. The Morgan fingerprint density at radius 1 is 0.719 bits per heavy atom. The molecule has 0 aromatic heterocycles. The molecule has 3 heteroatoms. The molecule has 0 aliphatic heterocycles. The Morgan fingerprint density at radius 2 is 1.34 bits per heavy atom. The van der Waals surface area contributed by atoms with Gasteiger partial charge in [-0.05, 0) is 90.2 Å². The molecule has 4 aromatic rings. The lowest BCUT2D eigenvalue weighted by molar-refractivity contribution is 0.586. The normalized spacial score (nSPS) is 11.0. The van der Waals surface area contributed by atoms with Gasteiger partial charge < -0.3 is 0 Å². The van der Waals surface area contributed by atoms with Gasteiger partial charge in [0.15, 0.2) is 0 Å². The van der Waals surface area contributed by atoms with Crippen LogP contribution in [0.5, 0.6) is 0 Å². The van der Waals surface area contributed by atoms with Crippen molar-refractivity contribution in [1.29, 1.82) is 0 Å².